The SMILES string of the molecule is CCNCNC=S. The number of hydrogen-bond acceptors (Lipinski definition) is 2. The summed E-state index contributed by atoms with van der Waals surface area (Å²) in [7, 11) is 0. The van der Waals surface area contributed by atoms with Crippen LogP contribution in [0.1, 0.15) is 6.92 Å². The van der Waals surface area contributed by atoms with Crippen LogP contribution in [0.2, 0.25) is 0 Å². The Labute approximate surface area is 49.3 Å². The fourth-order valence-corrected chi connectivity index (χ4v) is 0.322. The van der Waals surface area contributed by atoms with E-state index in [-0.39, 0.29) is 0 Å². The molecule has 0 aliphatic heterocycles. The van der Waals surface area contributed by atoms with Crippen LogP contribution in [0.4, 0.5) is 0 Å². The Hall–Kier alpha value is -0.150. The van der Waals surface area contributed by atoms with Gasteiger partial charge in [0.05, 0.1) is 12.2 Å². The van der Waals surface area contributed by atoms with Crippen molar-refractivity contribution >= 4 is 17.7 Å². The van der Waals surface area contributed by atoms with Crippen molar-refractivity contribution in [2.45, 2.75) is 6.92 Å². The fraction of sp³-hybridized carbons (Fsp3) is 0.750. The van der Waals surface area contributed by atoms with Crippen molar-refractivity contribution < 1.29 is 0 Å². The highest BCUT2D eigenvalue weighted by Crippen LogP contribution is 1.48. The Bertz CT molecular complexity index is 47.0. The summed E-state index contributed by atoms with van der Waals surface area (Å²) in [6.07, 6.45) is 0. The standard InChI is InChI=1S/C4H10N2S/c1-2-5-3-6-4-7/h4-5H,2-3H2,1H3,(H,6,7). The van der Waals surface area contributed by atoms with Gasteiger partial charge in [-0.25, -0.2) is 0 Å². The van der Waals surface area contributed by atoms with E-state index in [1.54, 1.807) is 0 Å². The van der Waals surface area contributed by atoms with Crippen LogP contribution in [-0.4, -0.2) is 18.7 Å². The summed E-state index contributed by atoms with van der Waals surface area (Å²) in [5.41, 5.74) is 1.50. The summed E-state index contributed by atoms with van der Waals surface area (Å²) < 4.78 is 0. The second-order valence-corrected chi connectivity index (χ2v) is 1.34. The van der Waals surface area contributed by atoms with E-state index in [9.17, 15) is 0 Å². The van der Waals surface area contributed by atoms with Crippen molar-refractivity contribution in [1.29, 1.82) is 0 Å². The lowest BCUT2D eigenvalue weighted by Gasteiger charge is -1.96. The van der Waals surface area contributed by atoms with Crippen molar-refractivity contribution in [3.63, 3.8) is 0 Å². The van der Waals surface area contributed by atoms with Gasteiger partial charge in [-0.15, -0.1) is 0 Å². The maximum atomic E-state index is 4.49. The van der Waals surface area contributed by atoms with Crippen LogP contribution >= 0.6 is 12.2 Å². The molecule has 0 aliphatic carbocycles. The molecule has 0 aromatic rings. The molecule has 0 heterocycles. The molecule has 0 saturated carbocycles. The van der Waals surface area contributed by atoms with E-state index in [2.05, 4.69) is 22.9 Å². The van der Waals surface area contributed by atoms with Gasteiger partial charge in [0, 0.05) is 0 Å². The molecule has 0 aliphatic rings. The quantitative estimate of drug-likeness (QED) is 0.311. The average molecular weight is 118 g/mol. The fourth-order valence-electron chi connectivity index (χ4n) is 0.239. The third-order valence-corrected chi connectivity index (χ3v) is 0.727. The molecule has 0 unspecified atom stereocenters. The first-order valence-corrected chi connectivity index (χ1v) is 2.76. The largest absolute Gasteiger partial charge is 0.370 e. The van der Waals surface area contributed by atoms with E-state index in [0.29, 0.717) is 0 Å². The molecule has 3 heteroatoms. The molecule has 0 aromatic carbocycles. The first-order chi connectivity index (χ1) is 3.41. The van der Waals surface area contributed by atoms with Gasteiger partial charge in [-0.3, -0.25) is 0 Å². The van der Waals surface area contributed by atoms with Gasteiger partial charge < -0.3 is 10.6 Å². The summed E-state index contributed by atoms with van der Waals surface area (Å²) >= 11 is 4.49. The molecule has 0 fully saturated rings. The third-order valence-electron chi connectivity index (χ3n) is 0.560. The second-order valence-electron chi connectivity index (χ2n) is 1.10. The Morgan fingerprint density at radius 1 is 1.71 bits per heavy atom. The van der Waals surface area contributed by atoms with Crippen molar-refractivity contribution in [3.8, 4) is 0 Å². The molecule has 2 nitrogen and oxygen atoms in total. The van der Waals surface area contributed by atoms with Crippen molar-refractivity contribution in [1.82, 2.24) is 10.6 Å². The van der Waals surface area contributed by atoms with E-state index in [1.807, 2.05) is 6.92 Å². The molecule has 42 valence electrons. The smallest absolute Gasteiger partial charge is 0.0655 e. The van der Waals surface area contributed by atoms with E-state index in [1.165, 1.54) is 5.49 Å². The molecule has 2 N–H and O–H groups in total. The van der Waals surface area contributed by atoms with Crippen LogP contribution in [0.15, 0.2) is 0 Å². The maximum absolute atomic E-state index is 4.49. The van der Waals surface area contributed by atoms with Crippen molar-refractivity contribution in [2.24, 2.45) is 0 Å². The van der Waals surface area contributed by atoms with Gasteiger partial charge in [-0.2, -0.15) is 0 Å². The first-order valence-electron chi connectivity index (χ1n) is 2.29. The monoisotopic (exact) mass is 118 g/mol. The minimum absolute atomic E-state index is 0.778. The van der Waals surface area contributed by atoms with E-state index >= 15 is 0 Å². The number of rotatable bonds is 4. The molecule has 0 saturated heterocycles. The first kappa shape index (κ1) is 6.85. The predicted octanol–water partition coefficient (Wildman–Crippen LogP) is 0.100. The lowest BCUT2D eigenvalue weighted by Crippen LogP contribution is -2.26. The van der Waals surface area contributed by atoms with Crippen LogP contribution in [0.3, 0.4) is 0 Å². The minimum atomic E-state index is 0.778. The van der Waals surface area contributed by atoms with Crippen molar-refractivity contribution in [3.05, 3.63) is 0 Å². The number of hydrogen-bond donors (Lipinski definition) is 2. The third kappa shape index (κ3) is 5.85. The van der Waals surface area contributed by atoms with Crippen LogP contribution in [-0.2, 0) is 0 Å². The molecule has 0 amide bonds. The molecular formula is C4H10N2S. The zero-order valence-corrected chi connectivity index (χ0v) is 5.22. The summed E-state index contributed by atoms with van der Waals surface area (Å²) in [4.78, 5) is 0. The molecule has 7 heavy (non-hydrogen) atoms. The Morgan fingerprint density at radius 2 is 2.43 bits per heavy atom. The van der Waals surface area contributed by atoms with Gasteiger partial charge >= 0.3 is 0 Å². The topological polar surface area (TPSA) is 24.1 Å². The van der Waals surface area contributed by atoms with Gasteiger partial charge in [-0.05, 0) is 6.54 Å². The number of thiocarbonyl (C=S) groups is 1. The van der Waals surface area contributed by atoms with Crippen LogP contribution in [0.5, 0.6) is 0 Å². The molecule has 0 rings (SSSR count). The van der Waals surface area contributed by atoms with E-state index < -0.39 is 0 Å². The van der Waals surface area contributed by atoms with Crippen LogP contribution in [0, 0.1) is 0 Å². The molecule has 0 spiro atoms. The van der Waals surface area contributed by atoms with Crippen LogP contribution < -0.4 is 10.6 Å². The van der Waals surface area contributed by atoms with Gasteiger partial charge in [0.1, 0.15) is 0 Å². The predicted molar refractivity (Wildman–Crippen MR) is 35.3 cm³/mol. The van der Waals surface area contributed by atoms with Crippen LogP contribution in [0.25, 0.3) is 0 Å². The molecule has 0 atom stereocenters. The zero-order chi connectivity index (χ0) is 5.54. The van der Waals surface area contributed by atoms with E-state index in [0.717, 1.165) is 13.2 Å². The lowest BCUT2D eigenvalue weighted by atomic mass is 10.7. The summed E-state index contributed by atoms with van der Waals surface area (Å²) in [5.74, 6) is 0. The normalized spacial score (nSPS) is 8.14. The molecule has 0 aromatic heterocycles. The maximum Gasteiger partial charge on any atom is 0.0655 e. The van der Waals surface area contributed by atoms with E-state index in [4.69, 9.17) is 0 Å². The highest BCUT2D eigenvalue weighted by atomic mass is 32.1. The van der Waals surface area contributed by atoms with Gasteiger partial charge in [0.2, 0.25) is 0 Å². The summed E-state index contributed by atoms with van der Waals surface area (Å²) in [6, 6.07) is 0. The highest BCUT2D eigenvalue weighted by molar-refractivity contribution is 7.78. The molecule has 0 bridgehead atoms. The number of nitrogens with one attached hydrogen (secondary N) is 2. The molecular weight excluding hydrogens is 108 g/mol. The summed E-state index contributed by atoms with van der Waals surface area (Å²) in [6.45, 7) is 3.81. The lowest BCUT2D eigenvalue weighted by molar-refractivity contribution is 0.702. The van der Waals surface area contributed by atoms with Gasteiger partial charge in [0.25, 0.3) is 0 Å². The zero-order valence-electron chi connectivity index (χ0n) is 4.40. The van der Waals surface area contributed by atoms with Crippen molar-refractivity contribution in [2.75, 3.05) is 13.2 Å². The van der Waals surface area contributed by atoms with Gasteiger partial charge in [0.15, 0.2) is 0 Å². The highest BCUT2D eigenvalue weighted by Gasteiger charge is 1.71. The summed E-state index contributed by atoms with van der Waals surface area (Å²) in [5, 5.41) is 5.87. The minimum Gasteiger partial charge on any atom is -0.370 e. The Balaban J connectivity index is 2.56. The average Bonchev–Trinajstić information content (AvgIpc) is 1.69. The Kier molecular flexibility index (Phi) is 5.72. The second kappa shape index (κ2) is 5.85. The van der Waals surface area contributed by atoms with Gasteiger partial charge in [-0.1, -0.05) is 19.1 Å². The molecule has 0 radical (unpaired) electrons. The Morgan fingerprint density at radius 3 is 2.86 bits per heavy atom.